The van der Waals surface area contributed by atoms with E-state index in [1.165, 1.54) is 17.7 Å². The van der Waals surface area contributed by atoms with Crippen LogP contribution >= 0.6 is 0 Å². The van der Waals surface area contributed by atoms with Crippen LogP contribution < -0.4 is 10.1 Å². The van der Waals surface area contributed by atoms with E-state index in [9.17, 15) is 13.2 Å². The molecule has 1 saturated heterocycles. The van der Waals surface area contributed by atoms with Crippen molar-refractivity contribution in [3.63, 3.8) is 0 Å². The van der Waals surface area contributed by atoms with Crippen molar-refractivity contribution in [3.05, 3.63) is 84.0 Å². The second kappa shape index (κ2) is 11.4. The third-order valence-corrected chi connectivity index (χ3v) is 8.15. The number of methoxy groups -OCH3 is 2. The zero-order valence-electron chi connectivity index (χ0n) is 21.7. The van der Waals surface area contributed by atoms with Crippen LogP contribution in [0.4, 0.5) is 13.2 Å². The summed E-state index contributed by atoms with van der Waals surface area (Å²) in [6.07, 6.45) is 4.99. The Morgan fingerprint density at radius 2 is 1.95 bits per heavy atom. The van der Waals surface area contributed by atoms with Gasteiger partial charge in [0.15, 0.2) is 0 Å². The summed E-state index contributed by atoms with van der Waals surface area (Å²) in [5.74, 6) is 0.838. The summed E-state index contributed by atoms with van der Waals surface area (Å²) in [4.78, 5) is 2.42. The number of nitrogens with one attached hydrogen (secondary N) is 1. The molecule has 1 heterocycles. The van der Waals surface area contributed by atoms with Crippen LogP contribution in [0, 0.1) is 0 Å². The van der Waals surface area contributed by atoms with Gasteiger partial charge in [0.2, 0.25) is 0 Å². The van der Waals surface area contributed by atoms with Crippen LogP contribution in [-0.4, -0.2) is 56.9 Å². The average molecular weight is 515 g/mol. The van der Waals surface area contributed by atoms with Crippen molar-refractivity contribution in [2.75, 3.05) is 40.4 Å². The number of rotatable bonds is 9. The van der Waals surface area contributed by atoms with Crippen LogP contribution in [0.1, 0.15) is 42.4 Å². The summed E-state index contributed by atoms with van der Waals surface area (Å²) in [5, 5.41) is 3.64. The molecule has 0 spiro atoms. The van der Waals surface area contributed by atoms with Gasteiger partial charge in [-0.1, -0.05) is 42.5 Å². The number of hydrogen-bond donors (Lipinski definition) is 1. The van der Waals surface area contributed by atoms with E-state index < -0.39 is 11.7 Å². The number of fused-ring (bicyclic) bond motifs is 1. The lowest BCUT2D eigenvalue weighted by molar-refractivity contribution is -0.147. The Labute approximate surface area is 218 Å². The van der Waals surface area contributed by atoms with Gasteiger partial charge in [-0.15, -0.1) is 6.58 Å². The number of benzene rings is 2. The molecule has 0 bridgehead atoms. The molecule has 1 aliphatic carbocycles. The summed E-state index contributed by atoms with van der Waals surface area (Å²) in [7, 11) is 3.52. The molecule has 1 N–H and O–H groups in total. The first kappa shape index (κ1) is 27.4. The number of hydrogen-bond acceptors (Lipinski definition) is 4. The van der Waals surface area contributed by atoms with Gasteiger partial charge in [0.1, 0.15) is 5.75 Å². The van der Waals surface area contributed by atoms with Gasteiger partial charge in [0.25, 0.3) is 0 Å². The molecule has 1 saturated carbocycles. The summed E-state index contributed by atoms with van der Waals surface area (Å²) < 4.78 is 51.0. The largest absolute Gasteiger partial charge is 0.497 e. The van der Waals surface area contributed by atoms with Gasteiger partial charge in [-0.3, -0.25) is 4.90 Å². The number of ether oxygens (including phenoxy) is 2. The molecule has 1 aliphatic heterocycles. The van der Waals surface area contributed by atoms with Gasteiger partial charge in [0, 0.05) is 38.2 Å². The zero-order chi connectivity index (χ0) is 26.5. The highest BCUT2D eigenvalue weighted by Crippen LogP contribution is 2.53. The van der Waals surface area contributed by atoms with E-state index in [2.05, 4.69) is 28.9 Å². The smallest absolute Gasteiger partial charge is 0.416 e. The maximum Gasteiger partial charge on any atom is 0.416 e. The molecular weight excluding hydrogens is 477 g/mol. The van der Waals surface area contributed by atoms with Crippen LogP contribution in [-0.2, 0) is 16.3 Å². The topological polar surface area (TPSA) is 33.7 Å². The highest BCUT2D eigenvalue weighted by Gasteiger charge is 2.58. The minimum Gasteiger partial charge on any atom is -0.497 e. The first-order valence-corrected chi connectivity index (χ1v) is 12.9. The van der Waals surface area contributed by atoms with Crippen LogP contribution in [0.15, 0.2) is 67.3 Å². The Morgan fingerprint density at radius 3 is 2.68 bits per heavy atom. The first-order valence-electron chi connectivity index (χ1n) is 12.9. The predicted octanol–water partition coefficient (Wildman–Crippen LogP) is 6.08. The Morgan fingerprint density at radius 1 is 1.14 bits per heavy atom. The minimum absolute atomic E-state index is 0.186. The first-order chi connectivity index (χ1) is 17.7. The molecule has 3 unspecified atom stereocenters. The molecular formula is C30H37F3N2O2. The van der Waals surface area contributed by atoms with Crippen molar-refractivity contribution >= 4 is 6.08 Å². The minimum atomic E-state index is -4.34. The zero-order valence-corrected chi connectivity index (χ0v) is 21.7. The molecule has 2 aromatic rings. The van der Waals surface area contributed by atoms with Gasteiger partial charge in [0.05, 0.1) is 18.3 Å². The second-order valence-corrected chi connectivity index (χ2v) is 10.2. The second-order valence-electron chi connectivity index (χ2n) is 10.2. The van der Waals surface area contributed by atoms with Gasteiger partial charge < -0.3 is 14.8 Å². The lowest BCUT2D eigenvalue weighted by Gasteiger charge is -2.60. The van der Waals surface area contributed by atoms with Crippen LogP contribution in [0.2, 0.25) is 0 Å². The van der Waals surface area contributed by atoms with Crippen molar-refractivity contribution in [2.45, 2.75) is 48.9 Å². The number of halogens is 3. The van der Waals surface area contributed by atoms with E-state index in [4.69, 9.17) is 9.47 Å². The van der Waals surface area contributed by atoms with Gasteiger partial charge in [-0.2, -0.15) is 13.2 Å². The fourth-order valence-corrected chi connectivity index (χ4v) is 6.27. The van der Waals surface area contributed by atoms with E-state index in [0.717, 1.165) is 57.1 Å². The van der Waals surface area contributed by atoms with Crippen molar-refractivity contribution in [2.24, 2.45) is 0 Å². The molecule has 0 radical (unpaired) electrons. The fourth-order valence-electron chi connectivity index (χ4n) is 6.27. The molecule has 4 rings (SSSR count). The monoisotopic (exact) mass is 514 g/mol. The van der Waals surface area contributed by atoms with Gasteiger partial charge in [-0.25, -0.2) is 0 Å². The van der Waals surface area contributed by atoms with E-state index in [1.54, 1.807) is 19.3 Å². The van der Waals surface area contributed by atoms with Crippen molar-refractivity contribution in [1.29, 1.82) is 0 Å². The molecule has 37 heavy (non-hydrogen) atoms. The third kappa shape index (κ3) is 5.79. The Hall–Kier alpha value is -2.61. The Bertz CT molecular complexity index is 1100. The van der Waals surface area contributed by atoms with Crippen LogP contribution in [0.25, 0.3) is 6.08 Å². The van der Waals surface area contributed by atoms with Crippen LogP contribution in [0.5, 0.6) is 5.75 Å². The van der Waals surface area contributed by atoms with Gasteiger partial charge >= 0.3 is 6.18 Å². The van der Waals surface area contributed by atoms with Crippen molar-refractivity contribution in [3.8, 4) is 5.75 Å². The normalized spacial score (nSPS) is 26.7. The molecule has 2 aromatic carbocycles. The molecule has 0 aromatic heterocycles. The molecule has 3 atom stereocenters. The number of alkyl halides is 3. The van der Waals surface area contributed by atoms with Crippen molar-refractivity contribution < 1.29 is 22.6 Å². The van der Waals surface area contributed by atoms with E-state index in [0.29, 0.717) is 12.1 Å². The van der Waals surface area contributed by atoms with Gasteiger partial charge in [-0.05, 0) is 67.6 Å². The predicted molar refractivity (Wildman–Crippen MR) is 142 cm³/mol. The summed E-state index contributed by atoms with van der Waals surface area (Å²) in [6.45, 7) is 7.14. The Kier molecular flexibility index (Phi) is 8.46. The highest BCUT2D eigenvalue weighted by atomic mass is 19.4. The Balaban J connectivity index is 1.53. The standard InChI is InChI=1S/C30H37F3N2O2/c1-4-17-35-18-15-28(24-10-6-12-27(20-24)36-2)21-26(13-14-29(28,22-35)37-3)34-16-7-9-23-8-5-11-25(19-23)30(31,32)33/h4-12,19-20,26,34H,1,13-18,21-22H2,2-3H3/b9-7+. The quantitative estimate of drug-likeness (QED) is 0.411. The summed E-state index contributed by atoms with van der Waals surface area (Å²) >= 11 is 0. The highest BCUT2D eigenvalue weighted by molar-refractivity contribution is 5.51. The maximum absolute atomic E-state index is 13.0. The molecule has 0 amide bonds. The molecule has 4 nitrogen and oxygen atoms in total. The van der Waals surface area contributed by atoms with E-state index >= 15 is 0 Å². The molecule has 2 fully saturated rings. The number of likely N-dealkylation sites (tertiary alicyclic amines) is 1. The SMILES string of the molecule is C=CCN1CCC2(c3cccc(OC)c3)CC(NC/C=C/c3cccc(C(F)(F)F)c3)CCC2(OC)C1. The fraction of sp³-hybridized carbons (Fsp3) is 0.467. The maximum atomic E-state index is 13.0. The van der Waals surface area contributed by atoms with E-state index in [1.807, 2.05) is 31.4 Å². The number of nitrogens with zero attached hydrogens (tertiary/aromatic N) is 1. The summed E-state index contributed by atoms with van der Waals surface area (Å²) in [5.41, 5.74) is 0.634. The molecule has 200 valence electrons. The van der Waals surface area contributed by atoms with Crippen LogP contribution in [0.3, 0.4) is 0 Å². The average Bonchev–Trinajstić information content (AvgIpc) is 2.91. The molecule has 7 heteroatoms. The third-order valence-electron chi connectivity index (χ3n) is 8.15. The molecule has 2 aliphatic rings. The van der Waals surface area contributed by atoms with E-state index in [-0.39, 0.29) is 17.1 Å². The lowest BCUT2D eigenvalue weighted by atomic mass is 9.55. The number of piperidine rings is 1. The lowest BCUT2D eigenvalue weighted by Crippen LogP contribution is -2.67. The van der Waals surface area contributed by atoms with Crippen molar-refractivity contribution in [1.82, 2.24) is 10.2 Å². The summed E-state index contributed by atoms with van der Waals surface area (Å²) in [6, 6.07) is 14.0.